The molecule has 0 bridgehead atoms. The predicted molar refractivity (Wildman–Crippen MR) is 73.0 cm³/mol. The molecule has 0 fully saturated rings. The van der Waals surface area contributed by atoms with Crippen molar-refractivity contribution in [2.24, 2.45) is 0 Å². The molecule has 0 atom stereocenters. The first kappa shape index (κ1) is 12.6. The van der Waals surface area contributed by atoms with Crippen LogP contribution in [0.2, 0.25) is 0 Å². The standard InChI is InChI=1S/C13H14N2O2S/c1-3-17-12-7-5-4-6-10(12)11-8-18-13(15-11)14-9(2)16/h4-8H,3H2,1-2H3,(H,14,15,16). The highest BCUT2D eigenvalue weighted by Gasteiger charge is 2.10. The van der Waals surface area contributed by atoms with Crippen molar-refractivity contribution in [3.63, 3.8) is 0 Å². The van der Waals surface area contributed by atoms with E-state index in [1.807, 2.05) is 36.6 Å². The van der Waals surface area contributed by atoms with E-state index in [0.29, 0.717) is 11.7 Å². The summed E-state index contributed by atoms with van der Waals surface area (Å²) >= 11 is 1.40. The second-order valence-electron chi connectivity index (χ2n) is 3.65. The molecule has 18 heavy (non-hydrogen) atoms. The first-order chi connectivity index (χ1) is 8.70. The molecule has 0 spiro atoms. The number of aromatic nitrogens is 1. The Kier molecular flexibility index (Phi) is 3.94. The Bertz CT molecular complexity index is 551. The Morgan fingerprint density at radius 1 is 1.44 bits per heavy atom. The van der Waals surface area contributed by atoms with Crippen molar-refractivity contribution in [1.29, 1.82) is 0 Å². The van der Waals surface area contributed by atoms with Crippen molar-refractivity contribution < 1.29 is 9.53 Å². The van der Waals surface area contributed by atoms with Crippen LogP contribution in [-0.4, -0.2) is 17.5 Å². The maximum atomic E-state index is 11.0. The van der Waals surface area contributed by atoms with Crippen LogP contribution in [0.25, 0.3) is 11.3 Å². The topological polar surface area (TPSA) is 51.2 Å². The van der Waals surface area contributed by atoms with Crippen molar-refractivity contribution in [3.05, 3.63) is 29.6 Å². The van der Waals surface area contributed by atoms with Gasteiger partial charge in [-0.05, 0) is 19.1 Å². The molecule has 2 aromatic rings. The normalized spacial score (nSPS) is 10.1. The van der Waals surface area contributed by atoms with E-state index in [4.69, 9.17) is 4.74 Å². The molecule has 94 valence electrons. The Labute approximate surface area is 110 Å². The number of carbonyl (C=O) groups is 1. The van der Waals surface area contributed by atoms with Crippen LogP contribution in [0.3, 0.4) is 0 Å². The average Bonchev–Trinajstić information content (AvgIpc) is 2.77. The van der Waals surface area contributed by atoms with Gasteiger partial charge in [0.1, 0.15) is 5.75 Å². The van der Waals surface area contributed by atoms with E-state index in [1.165, 1.54) is 18.3 Å². The number of carbonyl (C=O) groups excluding carboxylic acids is 1. The minimum atomic E-state index is -0.117. The molecule has 0 saturated heterocycles. The van der Waals surface area contributed by atoms with Gasteiger partial charge in [-0.3, -0.25) is 4.79 Å². The SMILES string of the molecule is CCOc1ccccc1-c1csc(NC(C)=O)n1. The van der Waals surface area contributed by atoms with Gasteiger partial charge >= 0.3 is 0 Å². The smallest absolute Gasteiger partial charge is 0.223 e. The van der Waals surface area contributed by atoms with Gasteiger partial charge in [-0.2, -0.15) is 0 Å². The Morgan fingerprint density at radius 2 is 2.22 bits per heavy atom. The van der Waals surface area contributed by atoms with Gasteiger partial charge in [0, 0.05) is 17.9 Å². The summed E-state index contributed by atoms with van der Waals surface area (Å²) in [5, 5.41) is 5.18. The third kappa shape index (κ3) is 2.87. The van der Waals surface area contributed by atoms with Crippen LogP contribution < -0.4 is 10.1 Å². The number of nitrogens with zero attached hydrogens (tertiary/aromatic N) is 1. The van der Waals surface area contributed by atoms with Crippen LogP contribution in [0.5, 0.6) is 5.75 Å². The largest absolute Gasteiger partial charge is 0.493 e. The number of para-hydroxylation sites is 1. The molecule has 0 aliphatic heterocycles. The Balaban J connectivity index is 2.30. The lowest BCUT2D eigenvalue weighted by Crippen LogP contribution is -2.05. The lowest BCUT2D eigenvalue weighted by Gasteiger charge is -2.07. The number of nitrogens with one attached hydrogen (secondary N) is 1. The number of hydrogen-bond donors (Lipinski definition) is 1. The molecule has 4 nitrogen and oxygen atoms in total. The zero-order valence-corrected chi connectivity index (χ0v) is 11.1. The summed E-state index contributed by atoms with van der Waals surface area (Å²) in [6.07, 6.45) is 0. The third-order valence-electron chi connectivity index (χ3n) is 2.25. The van der Waals surface area contributed by atoms with E-state index in [1.54, 1.807) is 0 Å². The van der Waals surface area contributed by atoms with Crippen LogP contribution in [0.4, 0.5) is 5.13 Å². The molecule has 1 aromatic carbocycles. The molecule has 5 heteroatoms. The van der Waals surface area contributed by atoms with Crippen LogP contribution in [0.15, 0.2) is 29.6 Å². The second-order valence-corrected chi connectivity index (χ2v) is 4.51. The molecule has 0 unspecified atom stereocenters. The van der Waals surface area contributed by atoms with Crippen molar-refractivity contribution in [1.82, 2.24) is 4.98 Å². The fraction of sp³-hybridized carbons (Fsp3) is 0.231. The molecular formula is C13H14N2O2S. The number of anilines is 1. The summed E-state index contributed by atoms with van der Waals surface area (Å²) in [6.45, 7) is 4.02. The van der Waals surface area contributed by atoms with E-state index < -0.39 is 0 Å². The lowest BCUT2D eigenvalue weighted by molar-refractivity contribution is -0.114. The lowest BCUT2D eigenvalue weighted by atomic mass is 10.1. The summed E-state index contributed by atoms with van der Waals surface area (Å²) in [5.74, 6) is 0.689. The molecular weight excluding hydrogens is 248 g/mol. The first-order valence-corrected chi connectivity index (χ1v) is 6.54. The van der Waals surface area contributed by atoms with E-state index in [2.05, 4.69) is 10.3 Å². The molecule has 0 radical (unpaired) electrons. The predicted octanol–water partition coefficient (Wildman–Crippen LogP) is 3.17. The van der Waals surface area contributed by atoms with E-state index in [0.717, 1.165) is 17.0 Å². The van der Waals surface area contributed by atoms with Gasteiger partial charge in [0.05, 0.1) is 12.3 Å². The van der Waals surface area contributed by atoms with Crippen LogP contribution in [0, 0.1) is 0 Å². The van der Waals surface area contributed by atoms with Gasteiger partial charge in [-0.1, -0.05) is 12.1 Å². The molecule has 2 rings (SSSR count). The third-order valence-corrected chi connectivity index (χ3v) is 3.01. The van der Waals surface area contributed by atoms with Crippen LogP contribution >= 0.6 is 11.3 Å². The zero-order chi connectivity index (χ0) is 13.0. The molecule has 0 aliphatic rings. The Hall–Kier alpha value is -1.88. The first-order valence-electron chi connectivity index (χ1n) is 5.66. The Morgan fingerprint density at radius 3 is 2.94 bits per heavy atom. The summed E-state index contributed by atoms with van der Waals surface area (Å²) in [7, 11) is 0. The molecule has 1 aromatic heterocycles. The number of amides is 1. The van der Waals surface area contributed by atoms with Crippen molar-refractivity contribution >= 4 is 22.4 Å². The quantitative estimate of drug-likeness (QED) is 0.920. The van der Waals surface area contributed by atoms with E-state index in [-0.39, 0.29) is 5.91 Å². The van der Waals surface area contributed by atoms with Crippen molar-refractivity contribution in [2.45, 2.75) is 13.8 Å². The number of thiazole rings is 1. The summed E-state index contributed by atoms with van der Waals surface area (Å²) < 4.78 is 5.56. The second kappa shape index (κ2) is 5.64. The molecule has 0 saturated carbocycles. The van der Waals surface area contributed by atoms with Gasteiger partial charge in [-0.25, -0.2) is 4.98 Å². The molecule has 1 N–H and O–H groups in total. The van der Waals surface area contributed by atoms with Crippen LogP contribution in [0.1, 0.15) is 13.8 Å². The van der Waals surface area contributed by atoms with Gasteiger partial charge in [0.2, 0.25) is 5.91 Å². The summed E-state index contributed by atoms with van der Waals surface area (Å²) in [6, 6.07) is 7.73. The van der Waals surface area contributed by atoms with Crippen molar-refractivity contribution in [3.8, 4) is 17.0 Å². The number of rotatable bonds is 4. The number of hydrogen-bond acceptors (Lipinski definition) is 4. The van der Waals surface area contributed by atoms with Gasteiger partial charge in [0.15, 0.2) is 5.13 Å². The summed E-state index contributed by atoms with van der Waals surface area (Å²) in [4.78, 5) is 15.3. The minimum absolute atomic E-state index is 0.117. The zero-order valence-electron chi connectivity index (χ0n) is 10.3. The average molecular weight is 262 g/mol. The van der Waals surface area contributed by atoms with Crippen molar-refractivity contribution in [2.75, 3.05) is 11.9 Å². The van der Waals surface area contributed by atoms with Gasteiger partial charge in [-0.15, -0.1) is 11.3 Å². The molecule has 0 aliphatic carbocycles. The fourth-order valence-electron chi connectivity index (χ4n) is 1.57. The van der Waals surface area contributed by atoms with Crippen LogP contribution in [-0.2, 0) is 4.79 Å². The highest BCUT2D eigenvalue weighted by atomic mass is 32.1. The molecule has 1 heterocycles. The highest BCUT2D eigenvalue weighted by Crippen LogP contribution is 2.32. The maximum Gasteiger partial charge on any atom is 0.223 e. The minimum Gasteiger partial charge on any atom is -0.493 e. The number of benzene rings is 1. The molecule has 1 amide bonds. The fourth-order valence-corrected chi connectivity index (χ4v) is 2.32. The highest BCUT2D eigenvalue weighted by molar-refractivity contribution is 7.14. The van der Waals surface area contributed by atoms with E-state index >= 15 is 0 Å². The van der Waals surface area contributed by atoms with E-state index in [9.17, 15) is 4.79 Å². The summed E-state index contributed by atoms with van der Waals surface area (Å²) in [5.41, 5.74) is 1.75. The number of ether oxygens (including phenoxy) is 1. The van der Waals surface area contributed by atoms with Gasteiger partial charge < -0.3 is 10.1 Å². The van der Waals surface area contributed by atoms with Gasteiger partial charge in [0.25, 0.3) is 0 Å². The maximum absolute atomic E-state index is 11.0. The monoisotopic (exact) mass is 262 g/mol.